The first-order valence-corrected chi connectivity index (χ1v) is 5.58. The van der Waals surface area contributed by atoms with Crippen LogP contribution in [0.2, 0.25) is 0 Å². The zero-order valence-corrected chi connectivity index (χ0v) is 9.76. The van der Waals surface area contributed by atoms with E-state index in [-0.39, 0.29) is 11.9 Å². The van der Waals surface area contributed by atoms with Gasteiger partial charge in [0.2, 0.25) is 0 Å². The van der Waals surface area contributed by atoms with E-state index in [1.807, 2.05) is 6.07 Å². The molecule has 0 fully saturated rings. The van der Waals surface area contributed by atoms with Gasteiger partial charge in [-0.05, 0) is 36.5 Å². The molecule has 0 bridgehead atoms. The normalized spacial score (nSPS) is 15.0. The highest BCUT2D eigenvalue weighted by Gasteiger charge is 2.14. The molecule has 15 heavy (non-hydrogen) atoms. The molecule has 2 unspecified atom stereocenters. The van der Waals surface area contributed by atoms with Crippen LogP contribution in [0.25, 0.3) is 0 Å². The van der Waals surface area contributed by atoms with E-state index in [0.29, 0.717) is 11.5 Å². The van der Waals surface area contributed by atoms with E-state index in [1.165, 1.54) is 6.07 Å². The highest BCUT2D eigenvalue weighted by Crippen LogP contribution is 2.24. The molecule has 84 valence electrons. The van der Waals surface area contributed by atoms with E-state index in [0.717, 1.165) is 18.4 Å². The van der Waals surface area contributed by atoms with E-state index in [9.17, 15) is 4.39 Å². The van der Waals surface area contributed by atoms with Gasteiger partial charge in [-0.2, -0.15) is 0 Å². The van der Waals surface area contributed by atoms with Crippen molar-refractivity contribution >= 4 is 0 Å². The monoisotopic (exact) mass is 209 g/mol. The van der Waals surface area contributed by atoms with Crippen molar-refractivity contribution in [3.63, 3.8) is 0 Å². The lowest BCUT2D eigenvalue weighted by Gasteiger charge is -2.20. The van der Waals surface area contributed by atoms with Crippen molar-refractivity contribution in [3.05, 3.63) is 35.1 Å². The first-order chi connectivity index (χ1) is 7.06. The molecule has 1 aromatic rings. The Labute approximate surface area is 91.5 Å². The van der Waals surface area contributed by atoms with E-state index in [1.54, 1.807) is 13.0 Å². The first kappa shape index (κ1) is 12.2. The summed E-state index contributed by atoms with van der Waals surface area (Å²) in [6.07, 6.45) is 2.24. The Bertz CT molecular complexity index is 322. The molecular formula is C13H20FN. The van der Waals surface area contributed by atoms with Crippen LogP contribution in [0.4, 0.5) is 4.39 Å². The van der Waals surface area contributed by atoms with Gasteiger partial charge in [0, 0.05) is 6.04 Å². The number of hydrogen-bond donors (Lipinski definition) is 1. The standard InChI is InChI=1S/C13H20FN/c1-4-5-9(2)13(15)11-6-7-12(14)10(3)8-11/h6-9,13H,4-5,15H2,1-3H3. The molecule has 0 spiro atoms. The van der Waals surface area contributed by atoms with Crippen LogP contribution in [0.15, 0.2) is 18.2 Å². The molecule has 0 heterocycles. The predicted molar refractivity (Wildman–Crippen MR) is 62.1 cm³/mol. The third-order valence-corrected chi connectivity index (χ3v) is 2.92. The van der Waals surface area contributed by atoms with Crippen LogP contribution in [0.5, 0.6) is 0 Å². The Morgan fingerprint density at radius 3 is 2.60 bits per heavy atom. The lowest BCUT2D eigenvalue weighted by molar-refractivity contribution is 0.433. The summed E-state index contributed by atoms with van der Waals surface area (Å²) in [7, 11) is 0. The molecule has 1 aromatic carbocycles. The molecular weight excluding hydrogens is 189 g/mol. The average Bonchev–Trinajstić information content (AvgIpc) is 2.21. The number of benzene rings is 1. The zero-order chi connectivity index (χ0) is 11.4. The molecule has 0 radical (unpaired) electrons. The zero-order valence-electron chi connectivity index (χ0n) is 9.76. The number of aryl methyl sites for hydroxylation is 1. The van der Waals surface area contributed by atoms with Crippen molar-refractivity contribution in [2.75, 3.05) is 0 Å². The molecule has 2 N–H and O–H groups in total. The van der Waals surface area contributed by atoms with Gasteiger partial charge in [0.1, 0.15) is 5.82 Å². The van der Waals surface area contributed by atoms with Gasteiger partial charge in [0.05, 0.1) is 0 Å². The second-order valence-electron chi connectivity index (χ2n) is 4.30. The van der Waals surface area contributed by atoms with E-state index in [2.05, 4.69) is 13.8 Å². The van der Waals surface area contributed by atoms with Gasteiger partial charge < -0.3 is 5.73 Å². The maximum Gasteiger partial charge on any atom is 0.126 e. The smallest absolute Gasteiger partial charge is 0.126 e. The maximum absolute atomic E-state index is 13.1. The number of nitrogens with two attached hydrogens (primary N) is 1. The van der Waals surface area contributed by atoms with Crippen molar-refractivity contribution in [3.8, 4) is 0 Å². The fourth-order valence-electron chi connectivity index (χ4n) is 1.84. The Morgan fingerprint density at radius 2 is 2.07 bits per heavy atom. The Balaban J connectivity index is 2.81. The third-order valence-electron chi connectivity index (χ3n) is 2.92. The van der Waals surface area contributed by atoms with Gasteiger partial charge in [-0.1, -0.05) is 32.4 Å². The molecule has 1 rings (SSSR count). The molecule has 1 nitrogen and oxygen atoms in total. The maximum atomic E-state index is 13.1. The second kappa shape index (κ2) is 5.26. The van der Waals surface area contributed by atoms with Gasteiger partial charge >= 0.3 is 0 Å². The Hall–Kier alpha value is -0.890. The van der Waals surface area contributed by atoms with Crippen LogP contribution >= 0.6 is 0 Å². The Morgan fingerprint density at radius 1 is 1.40 bits per heavy atom. The number of rotatable bonds is 4. The molecule has 0 aliphatic heterocycles. The van der Waals surface area contributed by atoms with Crippen molar-refractivity contribution in [1.82, 2.24) is 0 Å². The average molecular weight is 209 g/mol. The second-order valence-corrected chi connectivity index (χ2v) is 4.30. The van der Waals surface area contributed by atoms with Crippen molar-refractivity contribution in [2.45, 2.75) is 39.7 Å². The van der Waals surface area contributed by atoms with Crippen molar-refractivity contribution < 1.29 is 4.39 Å². The summed E-state index contributed by atoms with van der Waals surface area (Å²) in [5.74, 6) is 0.286. The molecule has 0 aliphatic carbocycles. The van der Waals surface area contributed by atoms with Crippen LogP contribution in [0, 0.1) is 18.7 Å². The highest BCUT2D eigenvalue weighted by molar-refractivity contribution is 5.26. The van der Waals surface area contributed by atoms with Gasteiger partial charge in [-0.3, -0.25) is 0 Å². The minimum Gasteiger partial charge on any atom is -0.324 e. The first-order valence-electron chi connectivity index (χ1n) is 5.58. The third kappa shape index (κ3) is 3.03. The van der Waals surface area contributed by atoms with Crippen LogP contribution < -0.4 is 5.73 Å². The number of halogens is 1. The SMILES string of the molecule is CCCC(C)C(N)c1ccc(F)c(C)c1. The van der Waals surface area contributed by atoms with E-state index >= 15 is 0 Å². The molecule has 0 saturated heterocycles. The largest absolute Gasteiger partial charge is 0.324 e. The summed E-state index contributed by atoms with van der Waals surface area (Å²) in [4.78, 5) is 0. The lowest BCUT2D eigenvalue weighted by atomic mass is 9.91. The molecule has 0 aliphatic rings. The van der Waals surface area contributed by atoms with Crippen LogP contribution in [-0.4, -0.2) is 0 Å². The topological polar surface area (TPSA) is 26.0 Å². The van der Waals surface area contributed by atoms with Crippen LogP contribution in [0.3, 0.4) is 0 Å². The summed E-state index contributed by atoms with van der Waals surface area (Å²) in [6.45, 7) is 6.07. The van der Waals surface area contributed by atoms with E-state index in [4.69, 9.17) is 5.73 Å². The summed E-state index contributed by atoms with van der Waals surface area (Å²) >= 11 is 0. The fourth-order valence-corrected chi connectivity index (χ4v) is 1.84. The van der Waals surface area contributed by atoms with Crippen molar-refractivity contribution in [1.29, 1.82) is 0 Å². The number of hydrogen-bond acceptors (Lipinski definition) is 1. The van der Waals surface area contributed by atoms with Gasteiger partial charge in [0.25, 0.3) is 0 Å². The quantitative estimate of drug-likeness (QED) is 0.806. The molecule has 2 heteroatoms. The molecule has 0 aromatic heterocycles. The molecule has 0 saturated carbocycles. The fraction of sp³-hybridized carbons (Fsp3) is 0.538. The summed E-state index contributed by atoms with van der Waals surface area (Å²) < 4.78 is 13.1. The highest BCUT2D eigenvalue weighted by atomic mass is 19.1. The summed E-state index contributed by atoms with van der Waals surface area (Å²) in [5.41, 5.74) is 7.83. The van der Waals surface area contributed by atoms with Gasteiger partial charge in [-0.25, -0.2) is 4.39 Å². The van der Waals surface area contributed by atoms with Crippen LogP contribution in [0.1, 0.15) is 43.9 Å². The lowest BCUT2D eigenvalue weighted by Crippen LogP contribution is -2.19. The molecule has 2 atom stereocenters. The van der Waals surface area contributed by atoms with Gasteiger partial charge in [-0.15, -0.1) is 0 Å². The van der Waals surface area contributed by atoms with Gasteiger partial charge in [0.15, 0.2) is 0 Å². The minimum absolute atomic E-state index is 0.0178. The summed E-state index contributed by atoms with van der Waals surface area (Å²) in [6, 6.07) is 5.17. The molecule has 0 amide bonds. The van der Waals surface area contributed by atoms with Crippen molar-refractivity contribution in [2.24, 2.45) is 11.7 Å². The van der Waals surface area contributed by atoms with E-state index < -0.39 is 0 Å². The summed E-state index contributed by atoms with van der Waals surface area (Å²) in [5, 5.41) is 0. The predicted octanol–water partition coefficient (Wildman–Crippen LogP) is 3.57. The van der Waals surface area contributed by atoms with Crippen LogP contribution in [-0.2, 0) is 0 Å². The minimum atomic E-state index is -0.158. The Kier molecular flexibility index (Phi) is 4.28.